The molecule has 1 aliphatic rings. The summed E-state index contributed by atoms with van der Waals surface area (Å²) in [6, 6.07) is 14.5. The van der Waals surface area contributed by atoms with Gasteiger partial charge >= 0.3 is 0 Å². The summed E-state index contributed by atoms with van der Waals surface area (Å²) in [6.45, 7) is 8.49. The number of pyridine rings is 1. The Morgan fingerprint density at radius 2 is 2.00 bits per heavy atom. The van der Waals surface area contributed by atoms with Crippen molar-refractivity contribution in [3.05, 3.63) is 72.1 Å². The molecule has 1 aliphatic carbocycles. The van der Waals surface area contributed by atoms with E-state index >= 15 is 0 Å². The van der Waals surface area contributed by atoms with E-state index < -0.39 is 0 Å². The molecule has 1 fully saturated rings. The number of ether oxygens (including phenoxy) is 1. The first-order chi connectivity index (χ1) is 13.5. The fourth-order valence-corrected chi connectivity index (χ4v) is 3.28. The van der Waals surface area contributed by atoms with E-state index in [4.69, 9.17) is 4.74 Å². The summed E-state index contributed by atoms with van der Waals surface area (Å²) in [5, 5.41) is 5.17. The van der Waals surface area contributed by atoms with Gasteiger partial charge in [0, 0.05) is 23.2 Å². The van der Waals surface area contributed by atoms with Gasteiger partial charge in [-0.1, -0.05) is 24.8 Å². The summed E-state index contributed by atoms with van der Waals surface area (Å²) < 4.78 is 5.46. The molecule has 0 atom stereocenters. The number of fused-ring (bicyclic) bond motifs is 1. The first-order valence-corrected chi connectivity index (χ1v) is 9.69. The van der Waals surface area contributed by atoms with Crippen molar-refractivity contribution in [3.8, 4) is 11.1 Å². The lowest BCUT2D eigenvalue weighted by atomic mass is 9.96. The van der Waals surface area contributed by atoms with Crippen LogP contribution in [0, 0.1) is 6.92 Å². The fourth-order valence-electron chi connectivity index (χ4n) is 3.28. The van der Waals surface area contributed by atoms with Crippen LogP contribution in [0.25, 0.3) is 27.7 Å². The van der Waals surface area contributed by atoms with E-state index in [1.807, 2.05) is 37.4 Å². The first kappa shape index (κ1) is 18.2. The molecule has 1 heterocycles. The minimum absolute atomic E-state index is 0.00489. The maximum absolute atomic E-state index is 12.4. The predicted molar refractivity (Wildman–Crippen MR) is 113 cm³/mol. The molecule has 1 saturated carbocycles. The van der Waals surface area contributed by atoms with Crippen LogP contribution in [-0.4, -0.2) is 23.5 Å². The largest absolute Gasteiger partial charge is 0.492 e. The average Bonchev–Trinajstić information content (AvgIpc) is 3.51. The number of amides is 1. The van der Waals surface area contributed by atoms with Crippen LogP contribution in [0.3, 0.4) is 0 Å². The molecular weight excluding hydrogens is 348 g/mol. The van der Waals surface area contributed by atoms with E-state index in [2.05, 4.69) is 42.0 Å². The number of aryl methyl sites for hydroxylation is 1. The third kappa shape index (κ3) is 3.77. The highest BCUT2D eigenvalue weighted by atomic mass is 16.5. The number of nitrogens with one attached hydrogen (secondary N) is 1. The molecule has 4 nitrogen and oxygen atoms in total. The van der Waals surface area contributed by atoms with Crippen molar-refractivity contribution >= 4 is 22.4 Å². The third-order valence-electron chi connectivity index (χ3n) is 5.05. The molecule has 1 amide bonds. The number of hydrogen-bond donors (Lipinski definition) is 1. The van der Waals surface area contributed by atoms with Crippen LogP contribution in [-0.2, 0) is 4.74 Å². The minimum atomic E-state index is 0.00489. The Morgan fingerprint density at radius 1 is 1.18 bits per heavy atom. The molecule has 2 aromatic carbocycles. The summed E-state index contributed by atoms with van der Waals surface area (Å²) in [5.41, 5.74) is 4.72. The van der Waals surface area contributed by atoms with Crippen LogP contribution in [0.2, 0.25) is 0 Å². The van der Waals surface area contributed by atoms with Crippen LogP contribution >= 0.6 is 0 Å². The first-order valence-electron chi connectivity index (χ1n) is 9.69. The molecule has 0 saturated heterocycles. The van der Waals surface area contributed by atoms with Gasteiger partial charge in [-0.2, -0.15) is 0 Å². The van der Waals surface area contributed by atoms with Crippen LogP contribution in [0.1, 0.15) is 41.4 Å². The van der Waals surface area contributed by atoms with E-state index in [9.17, 15) is 4.79 Å². The van der Waals surface area contributed by atoms with Gasteiger partial charge in [-0.05, 0) is 73.0 Å². The normalized spacial score (nSPS) is 13.4. The topological polar surface area (TPSA) is 51.2 Å². The molecule has 3 aromatic rings. The summed E-state index contributed by atoms with van der Waals surface area (Å²) in [4.78, 5) is 16.9. The van der Waals surface area contributed by atoms with Gasteiger partial charge in [0.1, 0.15) is 11.5 Å². The van der Waals surface area contributed by atoms with Gasteiger partial charge in [0.25, 0.3) is 5.91 Å². The Hall–Kier alpha value is -3.14. The SMILES string of the molecule is C=C(OCC)c1cc2ccc(-c3cc(C(=O)NC4CC4)ccc3C)cc2cn1. The molecule has 0 bridgehead atoms. The number of aromatic nitrogens is 1. The highest BCUT2D eigenvalue weighted by Crippen LogP contribution is 2.29. The Bertz CT molecular complexity index is 1070. The Morgan fingerprint density at radius 3 is 2.75 bits per heavy atom. The van der Waals surface area contributed by atoms with Crippen molar-refractivity contribution < 1.29 is 9.53 Å². The molecule has 28 heavy (non-hydrogen) atoms. The Balaban J connectivity index is 1.67. The molecule has 0 aliphatic heterocycles. The average molecular weight is 372 g/mol. The van der Waals surface area contributed by atoms with Gasteiger partial charge in [0.15, 0.2) is 0 Å². The zero-order valence-electron chi connectivity index (χ0n) is 16.3. The second-order valence-corrected chi connectivity index (χ2v) is 7.27. The third-order valence-corrected chi connectivity index (χ3v) is 5.05. The highest BCUT2D eigenvalue weighted by molar-refractivity contribution is 5.97. The summed E-state index contributed by atoms with van der Waals surface area (Å²) in [7, 11) is 0. The minimum Gasteiger partial charge on any atom is -0.492 e. The Kier molecular flexibility index (Phi) is 4.86. The second-order valence-electron chi connectivity index (χ2n) is 7.27. The van der Waals surface area contributed by atoms with Crippen molar-refractivity contribution in [3.63, 3.8) is 0 Å². The van der Waals surface area contributed by atoms with Crippen molar-refractivity contribution in [2.75, 3.05) is 6.61 Å². The van der Waals surface area contributed by atoms with Crippen LogP contribution < -0.4 is 5.32 Å². The van der Waals surface area contributed by atoms with Crippen molar-refractivity contribution in [1.82, 2.24) is 10.3 Å². The summed E-state index contributed by atoms with van der Waals surface area (Å²) in [5.74, 6) is 0.587. The number of carbonyl (C=O) groups excluding carboxylic acids is 1. The lowest BCUT2D eigenvalue weighted by molar-refractivity contribution is 0.0951. The monoisotopic (exact) mass is 372 g/mol. The zero-order chi connectivity index (χ0) is 19.7. The van der Waals surface area contributed by atoms with Crippen LogP contribution in [0.5, 0.6) is 0 Å². The zero-order valence-corrected chi connectivity index (χ0v) is 16.3. The molecular formula is C24H24N2O2. The van der Waals surface area contributed by atoms with E-state index in [0.29, 0.717) is 24.0 Å². The quantitative estimate of drug-likeness (QED) is 0.612. The lowest BCUT2D eigenvalue weighted by Crippen LogP contribution is -2.25. The number of rotatable bonds is 6. The molecule has 1 N–H and O–H groups in total. The number of hydrogen-bond acceptors (Lipinski definition) is 3. The van der Waals surface area contributed by atoms with E-state index in [1.54, 1.807) is 0 Å². The molecule has 0 spiro atoms. The van der Waals surface area contributed by atoms with Gasteiger partial charge in [-0.25, -0.2) is 0 Å². The lowest BCUT2D eigenvalue weighted by Gasteiger charge is -2.11. The summed E-state index contributed by atoms with van der Waals surface area (Å²) in [6.07, 6.45) is 4.01. The standard InChI is InChI=1S/C24H24N2O2/c1-4-28-16(3)23-13-17-7-8-18(11-20(17)14-25-23)22-12-19(6-5-15(22)2)24(27)26-21-9-10-21/h5-8,11-14,21H,3-4,9-10H2,1-2H3,(H,26,27). The van der Waals surface area contributed by atoms with Crippen LogP contribution in [0.15, 0.2) is 55.2 Å². The molecule has 0 radical (unpaired) electrons. The van der Waals surface area contributed by atoms with Gasteiger partial charge < -0.3 is 10.1 Å². The van der Waals surface area contributed by atoms with E-state index in [0.717, 1.165) is 46.0 Å². The molecule has 0 unspecified atom stereocenters. The maximum Gasteiger partial charge on any atom is 0.251 e. The van der Waals surface area contributed by atoms with Crippen LogP contribution in [0.4, 0.5) is 0 Å². The smallest absolute Gasteiger partial charge is 0.251 e. The number of carbonyl (C=O) groups is 1. The molecule has 142 valence electrons. The Labute approximate surface area is 165 Å². The number of benzene rings is 2. The fraction of sp³-hybridized carbons (Fsp3) is 0.250. The van der Waals surface area contributed by atoms with E-state index in [-0.39, 0.29) is 5.91 Å². The molecule has 4 heteroatoms. The molecule has 4 rings (SSSR count). The molecule has 1 aromatic heterocycles. The number of nitrogens with zero attached hydrogens (tertiary/aromatic N) is 1. The van der Waals surface area contributed by atoms with Gasteiger partial charge in [-0.15, -0.1) is 0 Å². The van der Waals surface area contributed by atoms with Crippen molar-refractivity contribution in [2.45, 2.75) is 32.7 Å². The highest BCUT2D eigenvalue weighted by Gasteiger charge is 2.24. The van der Waals surface area contributed by atoms with Crippen molar-refractivity contribution in [2.24, 2.45) is 0 Å². The van der Waals surface area contributed by atoms with Gasteiger partial charge in [0.05, 0.1) is 6.61 Å². The van der Waals surface area contributed by atoms with Gasteiger partial charge in [-0.3, -0.25) is 9.78 Å². The second kappa shape index (κ2) is 7.47. The predicted octanol–water partition coefficient (Wildman–Crippen LogP) is 5.11. The van der Waals surface area contributed by atoms with Crippen molar-refractivity contribution in [1.29, 1.82) is 0 Å². The van der Waals surface area contributed by atoms with E-state index in [1.165, 1.54) is 0 Å². The van der Waals surface area contributed by atoms with Gasteiger partial charge in [0.2, 0.25) is 0 Å². The summed E-state index contributed by atoms with van der Waals surface area (Å²) >= 11 is 0. The maximum atomic E-state index is 12.4.